The van der Waals surface area contributed by atoms with Crippen LogP contribution in [0, 0.1) is 6.92 Å². The van der Waals surface area contributed by atoms with Gasteiger partial charge in [-0.15, -0.1) is 0 Å². The first-order valence-corrected chi connectivity index (χ1v) is 5.75. The number of nitrogens with one attached hydrogen (secondary N) is 2. The average molecular weight is 245 g/mol. The van der Waals surface area contributed by atoms with E-state index in [1.165, 1.54) is 6.07 Å². The number of amides is 1. The Morgan fingerprint density at radius 1 is 1.44 bits per heavy atom. The van der Waals surface area contributed by atoms with Crippen LogP contribution in [0.15, 0.2) is 24.3 Å². The molecular formula is C13H15N3O2. The van der Waals surface area contributed by atoms with E-state index in [9.17, 15) is 9.90 Å². The number of hydrogen-bond acceptors (Lipinski definition) is 3. The lowest BCUT2D eigenvalue weighted by Gasteiger charge is -2.04. The molecule has 0 bridgehead atoms. The summed E-state index contributed by atoms with van der Waals surface area (Å²) in [5.41, 5.74) is 2.09. The van der Waals surface area contributed by atoms with E-state index < -0.39 is 0 Å². The molecule has 3 N–H and O–H groups in total. The van der Waals surface area contributed by atoms with Gasteiger partial charge in [0.2, 0.25) is 0 Å². The molecule has 0 atom stereocenters. The van der Waals surface area contributed by atoms with E-state index in [2.05, 4.69) is 15.5 Å². The van der Waals surface area contributed by atoms with Gasteiger partial charge in [-0.1, -0.05) is 13.0 Å². The average Bonchev–Trinajstić information content (AvgIpc) is 2.80. The number of carbonyl (C=O) groups is 1. The number of aromatic nitrogens is 2. The smallest absolute Gasteiger partial charge is 0.256 e. The third-order valence-corrected chi connectivity index (χ3v) is 2.72. The third-order valence-electron chi connectivity index (χ3n) is 2.72. The second-order valence-electron chi connectivity index (χ2n) is 4.09. The van der Waals surface area contributed by atoms with Crippen LogP contribution in [0.25, 0.3) is 0 Å². The van der Waals surface area contributed by atoms with Crippen molar-refractivity contribution in [2.24, 2.45) is 0 Å². The van der Waals surface area contributed by atoms with Gasteiger partial charge in [-0.3, -0.25) is 9.89 Å². The van der Waals surface area contributed by atoms with E-state index in [1.807, 2.05) is 6.92 Å². The predicted octanol–water partition coefficient (Wildman–Crippen LogP) is 2.24. The second kappa shape index (κ2) is 4.91. The summed E-state index contributed by atoms with van der Waals surface area (Å²) in [5, 5.41) is 19.0. The van der Waals surface area contributed by atoms with Crippen LogP contribution in [0.2, 0.25) is 0 Å². The van der Waals surface area contributed by atoms with Crippen molar-refractivity contribution in [2.45, 2.75) is 20.3 Å². The van der Waals surface area contributed by atoms with Gasteiger partial charge in [0.25, 0.3) is 5.91 Å². The molecule has 0 saturated heterocycles. The van der Waals surface area contributed by atoms with Crippen molar-refractivity contribution < 1.29 is 9.90 Å². The van der Waals surface area contributed by atoms with Crippen LogP contribution in [-0.4, -0.2) is 21.2 Å². The molecule has 94 valence electrons. The lowest BCUT2D eigenvalue weighted by molar-refractivity contribution is 0.102. The SMILES string of the molecule is CCc1cc(NC(=O)c2ccc(C)c(O)c2)n[nH]1. The molecule has 0 unspecified atom stereocenters. The Labute approximate surface area is 105 Å². The van der Waals surface area contributed by atoms with E-state index >= 15 is 0 Å². The minimum Gasteiger partial charge on any atom is -0.508 e. The van der Waals surface area contributed by atoms with Crippen molar-refractivity contribution in [3.05, 3.63) is 41.1 Å². The number of nitrogens with zero attached hydrogens (tertiary/aromatic N) is 1. The number of aryl methyl sites for hydroxylation is 2. The summed E-state index contributed by atoms with van der Waals surface area (Å²) >= 11 is 0. The molecule has 0 aliphatic heterocycles. The highest BCUT2D eigenvalue weighted by Gasteiger charge is 2.09. The van der Waals surface area contributed by atoms with Gasteiger partial charge >= 0.3 is 0 Å². The Hall–Kier alpha value is -2.30. The molecule has 1 heterocycles. The van der Waals surface area contributed by atoms with E-state index in [1.54, 1.807) is 25.1 Å². The van der Waals surface area contributed by atoms with E-state index in [0.717, 1.165) is 17.7 Å². The molecule has 1 aromatic heterocycles. The number of aromatic hydroxyl groups is 1. The van der Waals surface area contributed by atoms with Crippen LogP contribution in [0.4, 0.5) is 5.82 Å². The number of benzene rings is 1. The molecule has 1 amide bonds. The summed E-state index contributed by atoms with van der Waals surface area (Å²) in [5.74, 6) is 0.301. The van der Waals surface area contributed by atoms with Crippen LogP contribution in [0.5, 0.6) is 5.75 Å². The van der Waals surface area contributed by atoms with Crippen LogP contribution in [-0.2, 0) is 6.42 Å². The molecule has 0 aliphatic carbocycles. The van der Waals surface area contributed by atoms with E-state index in [4.69, 9.17) is 0 Å². The first-order valence-electron chi connectivity index (χ1n) is 5.75. The molecule has 18 heavy (non-hydrogen) atoms. The van der Waals surface area contributed by atoms with Gasteiger partial charge < -0.3 is 10.4 Å². The second-order valence-corrected chi connectivity index (χ2v) is 4.09. The monoisotopic (exact) mass is 245 g/mol. The number of aromatic amines is 1. The van der Waals surface area contributed by atoms with Crippen molar-refractivity contribution >= 4 is 11.7 Å². The third kappa shape index (κ3) is 2.51. The zero-order chi connectivity index (χ0) is 13.1. The fourth-order valence-corrected chi connectivity index (χ4v) is 1.55. The molecule has 0 spiro atoms. The number of anilines is 1. The highest BCUT2D eigenvalue weighted by Crippen LogP contribution is 2.18. The number of phenols is 1. The Kier molecular flexibility index (Phi) is 3.32. The number of rotatable bonds is 3. The molecule has 0 fully saturated rings. The molecule has 5 heteroatoms. The Bertz CT molecular complexity index is 575. The summed E-state index contributed by atoms with van der Waals surface area (Å²) in [4.78, 5) is 11.9. The van der Waals surface area contributed by atoms with Gasteiger partial charge in [-0.05, 0) is 31.0 Å². The van der Waals surface area contributed by atoms with Gasteiger partial charge in [0.05, 0.1) is 0 Å². The van der Waals surface area contributed by atoms with Crippen molar-refractivity contribution in [3.8, 4) is 5.75 Å². The first kappa shape index (κ1) is 12.2. The molecule has 0 saturated carbocycles. The zero-order valence-electron chi connectivity index (χ0n) is 10.3. The van der Waals surface area contributed by atoms with Gasteiger partial charge in [0.15, 0.2) is 5.82 Å². The molecular weight excluding hydrogens is 230 g/mol. The van der Waals surface area contributed by atoms with Gasteiger partial charge in [0, 0.05) is 17.3 Å². The summed E-state index contributed by atoms with van der Waals surface area (Å²) in [7, 11) is 0. The number of phenolic OH excluding ortho intramolecular Hbond substituents is 1. The minimum atomic E-state index is -0.292. The predicted molar refractivity (Wildman–Crippen MR) is 68.8 cm³/mol. The van der Waals surface area contributed by atoms with Crippen molar-refractivity contribution in [1.29, 1.82) is 0 Å². The quantitative estimate of drug-likeness (QED) is 0.776. The summed E-state index contributed by atoms with van der Waals surface area (Å²) in [6.45, 7) is 3.77. The molecule has 1 aromatic carbocycles. The maximum absolute atomic E-state index is 11.9. The fraction of sp³-hybridized carbons (Fsp3) is 0.231. The van der Waals surface area contributed by atoms with E-state index in [-0.39, 0.29) is 11.7 Å². The van der Waals surface area contributed by atoms with Crippen LogP contribution in [0.1, 0.15) is 28.5 Å². The minimum absolute atomic E-state index is 0.110. The Balaban J connectivity index is 2.14. The van der Waals surface area contributed by atoms with Crippen molar-refractivity contribution in [2.75, 3.05) is 5.32 Å². The van der Waals surface area contributed by atoms with Gasteiger partial charge in [0.1, 0.15) is 5.75 Å². The van der Waals surface area contributed by atoms with Crippen LogP contribution in [0.3, 0.4) is 0 Å². The molecule has 2 aromatic rings. The maximum Gasteiger partial charge on any atom is 0.256 e. The first-order chi connectivity index (χ1) is 8.60. The van der Waals surface area contributed by atoms with Crippen molar-refractivity contribution in [3.63, 3.8) is 0 Å². The standard InChI is InChI=1S/C13H15N3O2/c1-3-10-7-12(16-15-10)14-13(18)9-5-4-8(2)11(17)6-9/h4-7,17H,3H2,1-2H3,(H2,14,15,16,18). The number of hydrogen-bond donors (Lipinski definition) is 3. The van der Waals surface area contributed by atoms with Crippen LogP contribution >= 0.6 is 0 Å². The highest BCUT2D eigenvalue weighted by atomic mass is 16.3. The Morgan fingerprint density at radius 3 is 2.83 bits per heavy atom. The van der Waals surface area contributed by atoms with Gasteiger partial charge in [-0.25, -0.2) is 0 Å². The molecule has 5 nitrogen and oxygen atoms in total. The normalized spacial score (nSPS) is 10.3. The summed E-state index contributed by atoms with van der Waals surface area (Å²) in [6, 6.07) is 6.59. The largest absolute Gasteiger partial charge is 0.508 e. The molecule has 2 rings (SSSR count). The summed E-state index contributed by atoms with van der Waals surface area (Å²) in [6.07, 6.45) is 0.828. The topological polar surface area (TPSA) is 78.0 Å². The van der Waals surface area contributed by atoms with Crippen LogP contribution < -0.4 is 5.32 Å². The number of carbonyl (C=O) groups excluding carboxylic acids is 1. The lowest BCUT2D eigenvalue weighted by Crippen LogP contribution is -2.12. The fourth-order valence-electron chi connectivity index (χ4n) is 1.55. The van der Waals surface area contributed by atoms with Gasteiger partial charge in [-0.2, -0.15) is 5.10 Å². The van der Waals surface area contributed by atoms with Crippen molar-refractivity contribution in [1.82, 2.24) is 10.2 Å². The lowest BCUT2D eigenvalue weighted by atomic mass is 10.1. The molecule has 0 aliphatic rings. The van der Waals surface area contributed by atoms with E-state index in [0.29, 0.717) is 11.4 Å². The summed E-state index contributed by atoms with van der Waals surface area (Å²) < 4.78 is 0. The maximum atomic E-state index is 11.9. The zero-order valence-corrected chi connectivity index (χ0v) is 10.3. The molecule has 0 radical (unpaired) electrons. The Morgan fingerprint density at radius 2 is 2.22 bits per heavy atom. The number of H-pyrrole nitrogens is 1. The highest BCUT2D eigenvalue weighted by molar-refractivity contribution is 6.04.